The van der Waals surface area contributed by atoms with E-state index in [1.54, 1.807) is 6.08 Å². The van der Waals surface area contributed by atoms with Gasteiger partial charge in [0.05, 0.1) is 5.41 Å². The molecule has 1 N–H and O–H groups in total. The van der Waals surface area contributed by atoms with Crippen molar-refractivity contribution >= 4 is 11.8 Å². The number of fused-ring (bicyclic) bond motifs is 6. The van der Waals surface area contributed by atoms with Gasteiger partial charge >= 0.3 is 5.97 Å². The lowest BCUT2D eigenvalue weighted by Crippen LogP contribution is -2.60. The molecule has 5 unspecified atom stereocenters. The van der Waals surface area contributed by atoms with Crippen LogP contribution < -0.4 is 0 Å². The normalized spacial score (nSPS) is 48.6. The van der Waals surface area contributed by atoms with E-state index in [9.17, 15) is 14.7 Å². The summed E-state index contributed by atoms with van der Waals surface area (Å²) in [6.07, 6.45) is 14.9. The van der Waals surface area contributed by atoms with Crippen LogP contribution in [-0.4, -0.2) is 16.9 Å². The Morgan fingerprint density at radius 1 is 0.919 bits per heavy atom. The van der Waals surface area contributed by atoms with Crippen LogP contribution in [0.3, 0.4) is 0 Å². The van der Waals surface area contributed by atoms with Gasteiger partial charge in [-0.05, 0) is 123 Å². The van der Waals surface area contributed by atoms with Crippen LogP contribution in [0.2, 0.25) is 0 Å². The van der Waals surface area contributed by atoms with Crippen LogP contribution in [0.4, 0.5) is 0 Å². The number of aliphatic carboxylic acids is 1. The van der Waals surface area contributed by atoms with Crippen LogP contribution in [0.1, 0.15) is 132 Å². The van der Waals surface area contributed by atoms with Crippen molar-refractivity contribution in [3.8, 4) is 0 Å². The van der Waals surface area contributed by atoms with Crippen molar-refractivity contribution < 1.29 is 14.7 Å². The topological polar surface area (TPSA) is 54.4 Å². The van der Waals surface area contributed by atoms with Gasteiger partial charge in [0.2, 0.25) is 0 Å². The number of hydrogen-bond acceptors (Lipinski definition) is 2. The molecule has 0 aromatic carbocycles. The maximum atomic E-state index is 12.8. The Hall–Kier alpha value is -1.12. The molecule has 3 heteroatoms. The molecular weight excluding hydrogens is 456 g/mol. The molecule has 37 heavy (non-hydrogen) atoms. The molecule has 0 amide bonds. The number of Topliss-reactive ketones (excluding diaryl/α,β-unsaturated/α-hetero) is 1. The second-order valence-electron chi connectivity index (χ2n) is 14.2. The molecule has 5 aliphatic carbocycles. The summed E-state index contributed by atoms with van der Waals surface area (Å²) in [6, 6.07) is 0. The molecule has 0 aromatic heterocycles. The summed E-state index contributed by atoms with van der Waals surface area (Å²) in [6.45, 7) is 21.5. The highest BCUT2D eigenvalue weighted by atomic mass is 16.4. The zero-order valence-electron chi connectivity index (χ0n) is 25.5. The number of carboxylic acid groups (broad SMARTS) is 1. The molecule has 10 atom stereocenters. The van der Waals surface area contributed by atoms with E-state index in [4.69, 9.17) is 0 Å². The van der Waals surface area contributed by atoms with E-state index in [2.05, 4.69) is 41.2 Å². The number of allylic oxidation sites excluding steroid dienone is 1. The standard InChI is InChI=1S/C29H46O3.C3H6.C2H6/c1-18-10-14-29(25(31)32)16-15-28(5)22(24(18)29)9-8-20-17-26(3)12-6-7-23(30)19(2)21(26)11-13-27(20,28)4;1-3-2;1-2/h18-22,24H,6-17H2,1-5H3,(H,31,32);3H,1H2,2H3;1-2H3/t18?,19-,20?,21?,22?,24?,26-,27-,28-,29+;;/m1../s1. The molecule has 0 spiro atoms. The van der Waals surface area contributed by atoms with Gasteiger partial charge in [-0.15, -0.1) is 6.58 Å². The predicted octanol–water partition coefficient (Wildman–Crippen LogP) is 9.35. The fourth-order valence-electron chi connectivity index (χ4n) is 10.8. The first-order chi connectivity index (χ1) is 17.4. The quantitative estimate of drug-likeness (QED) is 0.355. The van der Waals surface area contributed by atoms with E-state index in [0.717, 1.165) is 38.5 Å². The second kappa shape index (κ2) is 11.2. The van der Waals surface area contributed by atoms with Crippen LogP contribution in [0.25, 0.3) is 0 Å². The zero-order chi connectivity index (χ0) is 27.8. The lowest BCUT2D eigenvalue weighted by Gasteiger charge is -2.65. The maximum absolute atomic E-state index is 12.8. The fraction of sp³-hybridized carbons (Fsp3) is 0.882. The number of carbonyl (C=O) groups is 2. The van der Waals surface area contributed by atoms with Crippen molar-refractivity contribution in [2.45, 2.75) is 132 Å². The Kier molecular flexibility index (Phi) is 9.18. The van der Waals surface area contributed by atoms with E-state index in [0.29, 0.717) is 35.4 Å². The number of hydrogen-bond donors (Lipinski definition) is 1. The third kappa shape index (κ3) is 4.67. The van der Waals surface area contributed by atoms with Crippen LogP contribution in [-0.2, 0) is 9.59 Å². The van der Waals surface area contributed by atoms with Crippen LogP contribution in [0.15, 0.2) is 12.7 Å². The second-order valence-corrected chi connectivity index (χ2v) is 14.2. The van der Waals surface area contributed by atoms with Crippen molar-refractivity contribution in [3.05, 3.63) is 12.7 Å². The van der Waals surface area contributed by atoms with Crippen molar-refractivity contribution in [2.75, 3.05) is 0 Å². The summed E-state index contributed by atoms with van der Waals surface area (Å²) >= 11 is 0. The lowest BCUT2D eigenvalue weighted by molar-refractivity contribution is -0.188. The minimum Gasteiger partial charge on any atom is -0.481 e. The number of ketones is 1. The molecule has 5 aliphatic rings. The molecule has 0 radical (unpaired) electrons. The molecular formula is C34H58O3. The molecule has 5 saturated carbocycles. The summed E-state index contributed by atoms with van der Waals surface area (Å²) in [5, 5.41) is 10.4. The highest BCUT2D eigenvalue weighted by Gasteiger charge is 2.68. The molecule has 0 heterocycles. The average molecular weight is 515 g/mol. The SMILES string of the molecule is C=CC.CC.CC1CC[C@]2(C(=O)O)CC[C@]3(C)C(CCC4C[C@@]5(C)CCCC(=O)[C@H](C)C5CC[C@]43C)C12. The van der Waals surface area contributed by atoms with Gasteiger partial charge in [-0.1, -0.05) is 54.5 Å². The van der Waals surface area contributed by atoms with Gasteiger partial charge < -0.3 is 5.11 Å². The van der Waals surface area contributed by atoms with Crippen LogP contribution in [0.5, 0.6) is 0 Å². The summed E-state index contributed by atoms with van der Waals surface area (Å²) in [5.74, 6) is 2.86. The minimum absolute atomic E-state index is 0.204. The molecule has 212 valence electrons. The fourth-order valence-corrected chi connectivity index (χ4v) is 10.8. The van der Waals surface area contributed by atoms with E-state index in [1.165, 1.54) is 38.5 Å². The molecule has 5 fully saturated rings. The first kappa shape index (κ1) is 30.4. The Labute approximate surface area is 228 Å². The van der Waals surface area contributed by atoms with Crippen molar-refractivity contribution in [2.24, 2.45) is 57.2 Å². The smallest absolute Gasteiger partial charge is 0.309 e. The van der Waals surface area contributed by atoms with E-state index in [1.807, 2.05) is 20.8 Å². The van der Waals surface area contributed by atoms with Gasteiger partial charge in [-0.3, -0.25) is 9.59 Å². The third-order valence-electron chi connectivity index (χ3n) is 13.0. The van der Waals surface area contributed by atoms with Gasteiger partial charge in [0.15, 0.2) is 0 Å². The van der Waals surface area contributed by atoms with Crippen LogP contribution >= 0.6 is 0 Å². The number of carboxylic acids is 1. The Morgan fingerprint density at radius 2 is 1.57 bits per heavy atom. The first-order valence-electron chi connectivity index (χ1n) is 15.7. The first-order valence-corrected chi connectivity index (χ1v) is 15.7. The highest BCUT2D eigenvalue weighted by Crippen LogP contribution is 2.73. The Balaban J connectivity index is 0.000000711. The van der Waals surface area contributed by atoms with E-state index < -0.39 is 11.4 Å². The van der Waals surface area contributed by atoms with Crippen molar-refractivity contribution in [3.63, 3.8) is 0 Å². The van der Waals surface area contributed by atoms with Crippen molar-refractivity contribution in [1.29, 1.82) is 0 Å². The highest BCUT2D eigenvalue weighted by molar-refractivity contribution is 5.81. The average Bonchev–Trinajstić information content (AvgIpc) is 3.09. The number of rotatable bonds is 1. The molecule has 0 aliphatic heterocycles. The predicted molar refractivity (Wildman–Crippen MR) is 154 cm³/mol. The molecule has 5 rings (SSSR count). The van der Waals surface area contributed by atoms with Gasteiger partial charge in [-0.2, -0.15) is 0 Å². The van der Waals surface area contributed by atoms with E-state index in [-0.39, 0.29) is 22.2 Å². The number of carbonyl (C=O) groups excluding carboxylic acids is 1. The maximum Gasteiger partial charge on any atom is 0.309 e. The molecule has 0 aromatic rings. The van der Waals surface area contributed by atoms with Crippen molar-refractivity contribution in [1.82, 2.24) is 0 Å². The summed E-state index contributed by atoms with van der Waals surface area (Å²) in [7, 11) is 0. The van der Waals surface area contributed by atoms with Gasteiger partial charge in [0.1, 0.15) is 5.78 Å². The van der Waals surface area contributed by atoms with E-state index >= 15 is 0 Å². The van der Waals surface area contributed by atoms with Crippen LogP contribution in [0, 0.1) is 57.2 Å². The zero-order valence-corrected chi connectivity index (χ0v) is 25.5. The summed E-state index contributed by atoms with van der Waals surface area (Å²) in [5.41, 5.74) is 0.319. The van der Waals surface area contributed by atoms with Gasteiger partial charge in [-0.25, -0.2) is 0 Å². The summed E-state index contributed by atoms with van der Waals surface area (Å²) < 4.78 is 0. The summed E-state index contributed by atoms with van der Waals surface area (Å²) in [4.78, 5) is 25.4. The monoisotopic (exact) mass is 514 g/mol. The lowest BCUT2D eigenvalue weighted by atomic mass is 9.39. The van der Waals surface area contributed by atoms with Gasteiger partial charge in [0.25, 0.3) is 0 Å². The molecule has 3 nitrogen and oxygen atoms in total. The largest absolute Gasteiger partial charge is 0.481 e. The Bertz CT molecular complexity index is 848. The molecule has 0 saturated heterocycles. The minimum atomic E-state index is -0.510. The third-order valence-corrected chi connectivity index (χ3v) is 13.0. The Morgan fingerprint density at radius 3 is 2.19 bits per heavy atom. The molecule has 0 bridgehead atoms. The van der Waals surface area contributed by atoms with Gasteiger partial charge in [0, 0.05) is 12.3 Å².